The zero-order valence-electron chi connectivity index (χ0n) is 73.0. The normalized spacial score (nSPS) is 20.4. The van der Waals surface area contributed by atoms with E-state index in [0.717, 1.165) is 128 Å². The van der Waals surface area contributed by atoms with Gasteiger partial charge in [0.2, 0.25) is 53.0 Å². The Balaban J connectivity index is 0.000000485. The minimum atomic E-state index is -1.56. The average Bonchev–Trinajstić information content (AvgIpc) is 1.68. The van der Waals surface area contributed by atoms with Crippen molar-refractivity contribution >= 4 is 89.0 Å². The third kappa shape index (κ3) is 41.6. The number of epoxide rings is 1. The van der Waals surface area contributed by atoms with Crippen LogP contribution in [0.2, 0.25) is 0 Å². The lowest BCUT2D eigenvalue weighted by atomic mass is 9.84. The second kappa shape index (κ2) is 48.5. The molecule has 0 bridgehead atoms. The van der Waals surface area contributed by atoms with E-state index in [2.05, 4.69) is 62.4 Å². The van der Waals surface area contributed by atoms with Gasteiger partial charge in [-0.2, -0.15) is 10.0 Å². The highest BCUT2D eigenvalue weighted by Crippen LogP contribution is 2.36. The summed E-state index contributed by atoms with van der Waals surface area (Å²) in [7, 11) is 2.63. The van der Waals surface area contributed by atoms with Crippen molar-refractivity contribution in [1.82, 2.24) is 47.6 Å². The Morgan fingerprint density at radius 1 is 0.435 bits per heavy atom. The fourth-order valence-corrected chi connectivity index (χ4v) is 14.3. The Labute approximate surface area is 683 Å². The van der Waals surface area contributed by atoms with E-state index in [-0.39, 0.29) is 130 Å². The standard InChI is InChI=1S/C19H31N3O5.C19H29N3O5.C16H29NO4.C15H29N3O3.C9H16O3.C6H12O/c2*1-19(2,3)11-13(20-17(26)12-7-5-4-6-8-12)16(25)18(27)21-22-14(23)9-10-15(22)24;1-16(2,3)10-12(13(18)15(20)21-4)17-14(19)11-8-6-5-7-9-11;1-15(2,3)9-11(12(19)14(21)18-16)17-13(20)10-7-5-4-6-8-10;1-9(2,3)5-6-7(12-6)8(10)11-4;1-6(2,3)4-5-7/h12-13,16,25H,4-11H2,1-3H3,(H,20,26)(H,21,27);12-13H,4-11H2,1-3H3,(H,20,26)(H,21,27);11-13,18H,5-10H2,1-4H3,(H,17,19);10-12,19H,4-9,16H2,1-3H3,(H,17,20)(H,18,21);6-7H,5H2,1-4H3;5H,4H2,1-3H3. The molecule has 9 atom stereocenters. The molecule has 7 fully saturated rings. The number of aliphatic hydroxyl groups is 3. The summed E-state index contributed by atoms with van der Waals surface area (Å²) in [6.07, 6.45) is 19.4. The van der Waals surface area contributed by atoms with E-state index in [1.807, 2.05) is 109 Å². The quantitative estimate of drug-likeness (QED) is 0.00600. The lowest BCUT2D eigenvalue weighted by Gasteiger charge is -2.32. The summed E-state index contributed by atoms with van der Waals surface area (Å²) in [4.78, 5) is 178. The maximum atomic E-state index is 12.7. The molecule has 0 radical (unpaired) electrons. The third-order valence-electron chi connectivity index (χ3n) is 20.4. The number of carbonyl (C=O) groups is 15. The second-order valence-corrected chi connectivity index (χ2v) is 39.0. The molecular weight excluding hydrogens is 1480 g/mol. The fraction of sp³-hybridized carbons (Fsp3) is 0.821. The van der Waals surface area contributed by atoms with Crippen LogP contribution < -0.4 is 43.4 Å². The van der Waals surface area contributed by atoms with E-state index in [1.54, 1.807) is 0 Å². The van der Waals surface area contributed by atoms with Crippen molar-refractivity contribution in [3.63, 3.8) is 0 Å². The van der Waals surface area contributed by atoms with E-state index in [9.17, 15) is 87.2 Å². The fourth-order valence-electron chi connectivity index (χ4n) is 14.3. The van der Waals surface area contributed by atoms with Gasteiger partial charge < -0.3 is 55.6 Å². The highest BCUT2D eigenvalue weighted by molar-refractivity contribution is 6.38. The molecule has 0 aromatic carbocycles. The van der Waals surface area contributed by atoms with Crippen LogP contribution in [0.5, 0.6) is 0 Å². The molecule has 7 rings (SSSR count). The van der Waals surface area contributed by atoms with Gasteiger partial charge in [0.1, 0.15) is 6.29 Å². The first-order valence-corrected chi connectivity index (χ1v) is 41.5. The smallest absolute Gasteiger partial charge is 0.337 e. The topological polar surface area (TPSA) is 464 Å². The van der Waals surface area contributed by atoms with Crippen molar-refractivity contribution in [2.24, 2.45) is 62.0 Å². The number of hydrogen-bond acceptors (Lipinski definition) is 22. The molecule has 11 amide bonds. The van der Waals surface area contributed by atoms with E-state index >= 15 is 0 Å². The summed E-state index contributed by atoms with van der Waals surface area (Å²) in [6, 6.07) is -3.02. The van der Waals surface area contributed by atoms with Crippen LogP contribution in [0.25, 0.3) is 0 Å². The van der Waals surface area contributed by atoms with Crippen molar-refractivity contribution < 1.29 is 101 Å². The van der Waals surface area contributed by atoms with E-state index < -0.39 is 95.6 Å². The molecule has 4 saturated carbocycles. The number of carbonyl (C=O) groups excluding carboxylic acids is 15. The molecule has 0 aromatic rings. The van der Waals surface area contributed by atoms with Gasteiger partial charge in [-0.1, -0.05) is 202 Å². The number of rotatable bonds is 25. The first kappa shape index (κ1) is 104. The molecule has 3 heterocycles. The summed E-state index contributed by atoms with van der Waals surface area (Å²) in [5.74, 6) is -2.11. The molecular formula is C84H146N10O21. The number of Topliss-reactive ketones (excluding diaryl/α,β-unsaturated/α-hetero) is 1. The molecule has 115 heavy (non-hydrogen) atoms. The number of imide groups is 2. The Morgan fingerprint density at radius 2 is 0.748 bits per heavy atom. The number of hydrogen-bond donors (Lipinski definition) is 11. The predicted octanol–water partition coefficient (Wildman–Crippen LogP) is 8.11. The number of ketones is 1. The van der Waals surface area contributed by atoms with Crippen molar-refractivity contribution in [1.29, 1.82) is 0 Å². The van der Waals surface area contributed by atoms with Gasteiger partial charge in [-0.05, 0) is 116 Å². The summed E-state index contributed by atoms with van der Waals surface area (Å²) >= 11 is 0. The Hall–Kier alpha value is -7.35. The molecule has 3 saturated heterocycles. The Kier molecular flexibility index (Phi) is 43.8. The molecule has 31 nitrogen and oxygen atoms in total. The second-order valence-electron chi connectivity index (χ2n) is 39.0. The number of esters is 2. The van der Waals surface area contributed by atoms with E-state index in [4.69, 9.17) is 10.6 Å². The van der Waals surface area contributed by atoms with Gasteiger partial charge in [-0.3, -0.25) is 73.8 Å². The molecule has 9 unspecified atom stereocenters. The summed E-state index contributed by atoms with van der Waals surface area (Å²) in [6.45, 7) is 36.1. The van der Waals surface area contributed by atoms with Gasteiger partial charge in [0, 0.05) is 55.8 Å². The number of aldehydes is 1. The van der Waals surface area contributed by atoms with Gasteiger partial charge in [0.05, 0.1) is 44.5 Å². The summed E-state index contributed by atoms with van der Waals surface area (Å²) < 4.78 is 14.3. The minimum Gasteiger partial charge on any atom is -0.467 e. The van der Waals surface area contributed by atoms with Crippen LogP contribution in [-0.2, 0) is 86.1 Å². The average molecular weight is 1630 g/mol. The molecule has 31 heteroatoms. The zero-order chi connectivity index (χ0) is 87.7. The van der Waals surface area contributed by atoms with Crippen molar-refractivity contribution in [2.75, 3.05) is 14.2 Å². The van der Waals surface area contributed by atoms with E-state index in [0.29, 0.717) is 35.7 Å². The van der Waals surface area contributed by atoms with Gasteiger partial charge in [-0.25, -0.2) is 15.4 Å². The Bertz CT molecular complexity index is 3090. The van der Waals surface area contributed by atoms with Crippen LogP contribution in [0.15, 0.2) is 0 Å². The molecule has 12 N–H and O–H groups in total. The van der Waals surface area contributed by atoms with Crippen molar-refractivity contribution in [3.8, 4) is 0 Å². The van der Waals surface area contributed by atoms with Gasteiger partial charge in [0.15, 0.2) is 24.4 Å². The molecule has 0 spiro atoms. The maximum Gasteiger partial charge on any atom is 0.337 e. The molecule has 4 aliphatic carbocycles. The van der Waals surface area contributed by atoms with Crippen LogP contribution in [0, 0.1) is 56.2 Å². The third-order valence-corrected chi connectivity index (χ3v) is 20.4. The first-order chi connectivity index (χ1) is 53.1. The monoisotopic (exact) mass is 1630 g/mol. The number of amides is 11. The van der Waals surface area contributed by atoms with Gasteiger partial charge >= 0.3 is 17.8 Å². The molecule has 7 aliphatic rings. The number of methoxy groups -OCH3 is 2. The number of nitrogens with zero attached hydrogens (tertiary/aromatic N) is 2. The maximum absolute atomic E-state index is 12.7. The van der Waals surface area contributed by atoms with Crippen molar-refractivity contribution in [3.05, 3.63) is 0 Å². The lowest BCUT2D eigenvalue weighted by molar-refractivity contribution is -0.153. The number of ether oxygens (including phenoxy) is 3. The molecule has 658 valence electrons. The summed E-state index contributed by atoms with van der Waals surface area (Å²) in [5.41, 5.74) is 5.84. The van der Waals surface area contributed by atoms with Gasteiger partial charge in [0.25, 0.3) is 11.8 Å². The van der Waals surface area contributed by atoms with Crippen LogP contribution in [0.1, 0.15) is 317 Å². The molecule has 0 aromatic heterocycles. The van der Waals surface area contributed by atoms with Gasteiger partial charge in [-0.15, -0.1) is 0 Å². The number of nitrogens with two attached hydrogens (primary N) is 1. The number of aliphatic hydroxyl groups excluding tert-OH is 3. The predicted molar refractivity (Wildman–Crippen MR) is 431 cm³/mol. The number of hydrazine groups is 3. The SMILES string of the molecule is CC(C)(C)CC(NC(=O)C1CCCCC1)C(=O)C(=O)NN1C(=O)CCC1=O.CC(C)(C)CC(NC(=O)C1CCCCC1)C(O)C(=O)NN.CC(C)(C)CC(NC(=O)C1CCCCC1)C(O)C(=O)NN1C(=O)CCC1=O.CC(C)(C)CC=O.COC(=O)C(O)C(CC(C)(C)C)NC(=O)C1CCCCC1.COC(=O)C1OC1CC(C)(C)C. The summed E-state index contributed by atoms with van der Waals surface area (Å²) in [5, 5.41) is 43.3. The van der Waals surface area contributed by atoms with Crippen LogP contribution in [0.4, 0.5) is 0 Å². The highest BCUT2D eigenvalue weighted by Gasteiger charge is 2.48. The van der Waals surface area contributed by atoms with E-state index in [1.165, 1.54) is 27.1 Å². The van der Waals surface area contributed by atoms with Crippen molar-refractivity contribution in [2.45, 2.75) is 372 Å². The largest absolute Gasteiger partial charge is 0.467 e. The van der Waals surface area contributed by atoms with Crippen LogP contribution in [-0.4, -0.2) is 183 Å². The first-order valence-electron chi connectivity index (χ1n) is 41.5. The van der Waals surface area contributed by atoms with Crippen LogP contribution in [0.3, 0.4) is 0 Å². The highest BCUT2D eigenvalue weighted by atomic mass is 16.6. The molecule has 3 aliphatic heterocycles. The number of nitrogens with one attached hydrogen (secondary N) is 7. The van der Waals surface area contributed by atoms with Crippen LogP contribution >= 0.6 is 0 Å². The lowest BCUT2D eigenvalue weighted by Crippen LogP contribution is -2.56. The zero-order valence-corrected chi connectivity index (χ0v) is 73.0. The minimum absolute atomic E-state index is 0.00523. The Morgan fingerprint density at radius 3 is 1.03 bits per heavy atom.